The van der Waals surface area contributed by atoms with E-state index in [1.807, 2.05) is 0 Å². The average Bonchev–Trinajstić information content (AvgIpc) is 2.82. The second-order valence-corrected chi connectivity index (χ2v) is 6.80. The zero-order valence-corrected chi connectivity index (χ0v) is 11.3. The van der Waals surface area contributed by atoms with Crippen LogP contribution in [0.2, 0.25) is 0 Å². The molecular formula is C13H18N2O2S. The van der Waals surface area contributed by atoms with Crippen molar-refractivity contribution in [3.63, 3.8) is 0 Å². The SMILES string of the molecule is CS(=O)(=O)c1ccc(N=C(N)C2CCCC2)cc1. The summed E-state index contributed by atoms with van der Waals surface area (Å²) in [5, 5.41) is 0. The lowest BCUT2D eigenvalue weighted by molar-refractivity contribution is 0.602. The highest BCUT2D eigenvalue weighted by Crippen LogP contribution is 2.26. The number of nitrogens with zero attached hydrogens (tertiary/aromatic N) is 1. The van der Waals surface area contributed by atoms with Crippen LogP contribution in [0, 0.1) is 5.92 Å². The first kappa shape index (κ1) is 13.1. The lowest BCUT2D eigenvalue weighted by Gasteiger charge is -2.08. The van der Waals surface area contributed by atoms with Gasteiger partial charge in [-0.1, -0.05) is 12.8 Å². The molecule has 2 N–H and O–H groups in total. The van der Waals surface area contributed by atoms with Gasteiger partial charge in [0.1, 0.15) is 5.84 Å². The van der Waals surface area contributed by atoms with Gasteiger partial charge in [0.25, 0.3) is 0 Å². The summed E-state index contributed by atoms with van der Waals surface area (Å²) in [6.45, 7) is 0. The summed E-state index contributed by atoms with van der Waals surface area (Å²) in [4.78, 5) is 4.67. The first-order valence-electron chi connectivity index (χ1n) is 6.11. The van der Waals surface area contributed by atoms with Gasteiger partial charge in [-0.05, 0) is 37.1 Å². The van der Waals surface area contributed by atoms with Crippen LogP contribution >= 0.6 is 0 Å². The Labute approximate surface area is 108 Å². The van der Waals surface area contributed by atoms with E-state index in [2.05, 4.69) is 4.99 Å². The van der Waals surface area contributed by atoms with Gasteiger partial charge in [-0.2, -0.15) is 0 Å². The number of amidine groups is 1. The summed E-state index contributed by atoms with van der Waals surface area (Å²) in [7, 11) is -3.14. The number of nitrogens with two attached hydrogens (primary N) is 1. The number of rotatable bonds is 3. The third-order valence-electron chi connectivity index (χ3n) is 3.30. The van der Waals surface area contributed by atoms with Crippen molar-refractivity contribution >= 4 is 21.4 Å². The van der Waals surface area contributed by atoms with Crippen LogP contribution < -0.4 is 5.73 Å². The van der Waals surface area contributed by atoms with Crippen molar-refractivity contribution in [2.75, 3.05) is 6.26 Å². The van der Waals surface area contributed by atoms with E-state index >= 15 is 0 Å². The second kappa shape index (κ2) is 5.10. The summed E-state index contributed by atoms with van der Waals surface area (Å²) >= 11 is 0. The Morgan fingerprint density at radius 2 is 1.78 bits per heavy atom. The Hall–Kier alpha value is -1.36. The van der Waals surface area contributed by atoms with Gasteiger partial charge in [-0.3, -0.25) is 0 Å². The highest BCUT2D eigenvalue weighted by Gasteiger charge is 2.18. The molecular weight excluding hydrogens is 248 g/mol. The predicted octanol–water partition coefficient (Wildman–Crippen LogP) is 2.27. The summed E-state index contributed by atoms with van der Waals surface area (Å²) in [6.07, 6.45) is 5.84. The number of hydrogen-bond donors (Lipinski definition) is 1. The van der Waals surface area contributed by atoms with Crippen LogP contribution in [0.3, 0.4) is 0 Å². The molecule has 98 valence electrons. The Kier molecular flexibility index (Phi) is 3.71. The normalized spacial score (nSPS) is 18.2. The third-order valence-corrected chi connectivity index (χ3v) is 4.42. The van der Waals surface area contributed by atoms with Crippen molar-refractivity contribution in [2.45, 2.75) is 30.6 Å². The lowest BCUT2D eigenvalue weighted by Crippen LogP contribution is -2.20. The van der Waals surface area contributed by atoms with Crippen LogP contribution in [0.15, 0.2) is 34.2 Å². The molecule has 0 aliphatic heterocycles. The number of hydrogen-bond acceptors (Lipinski definition) is 3. The fourth-order valence-electron chi connectivity index (χ4n) is 2.23. The van der Waals surface area contributed by atoms with E-state index in [9.17, 15) is 8.42 Å². The maximum absolute atomic E-state index is 11.3. The standard InChI is InChI=1S/C13H18N2O2S/c1-18(16,17)12-8-6-11(7-9-12)15-13(14)10-4-2-3-5-10/h6-10H,2-5H2,1H3,(H2,14,15). The summed E-state index contributed by atoms with van der Waals surface area (Å²) < 4.78 is 22.6. The van der Waals surface area contributed by atoms with Crippen molar-refractivity contribution in [2.24, 2.45) is 16.6 Å². The Morgan fingerprint density at radius 3 is 2.28 bits per heavy atom. The van der Waals surface area contributed by atoms with E-state index in [1.54, 1.807) is 24.3 Å². The largest absolute Gasteiger partial charge is 0.387 e. The van der Waals surface area contributed by atoms with E-state index in [4.69, 9.17) is 5.73 Å². The van der Waals surface area contributed by atoms with Crippen molar-refractivity contribution in [1.82, 2.24) is 0 Å². The van der Waals surface area contributed by atoms with Gasteiger partial charge in [0.15, 0.2) is 9.84 Å². The molecule has 0 heterocycles. The zero-order valence-electron chi connectivity index (χ0n) is 10.5. The molecule has 0 spiro atoms. The smallest absolute Gasteiger partial charge is 0.175 e. The van der Waals surface area contributed by atoms with Crippen LogP contribution in [-0.2, 0) is 9.84 Å². The molecule has 2 rings (SSSR count). The van der Waals surface area contributed by atoms with Gasteiger partial charge >= 0.3 is 0 Å². The van der Waals surface area contributed by atoms with Crippen molar-refractivity contribution in [1.29, 1.82) is 0 Å². The maximum Gasteiger partial charge on any atom is 0.175 e. The molecule has 4 nitrogen and oxygen atoms in total. The lowest BCUT2D eigenvalue weighted by atomic mass is 10.1. The topological polar surface area (TPSA) is 72.5 Å². The Morgan fingerprint density at radius 1 is 1.22 bits per heavy atom. The predicted molar refractivity (Wildman–Crippen MR) is 72.8 cm³/mol. The minimum Gasteiger partial charge on any atom is -0.387 e. The van der Waals surface area contributed by atoms with Crippen LogP contribution in [0.1, 0.15) is 25.7 Å². The molecule has 0 unspecified atom stereocenters. The van der Waals surface area contributed by atoms with Crippen molar-refractivity contribution in [3.8, 4) is 0 Å². The van der Waals surface area contributed by atoms with Gasteiger partial charge in [0.2, 0.25) is 0 Å². The van der Waals surface area contributed by atoms with Gasteiger partial charge < -0.3 is 5.73 Å². The molecule has 18 heavy (non-hydrogen) atoms. The average molecular weight is 266 g/mol. The molecule has 1 fully saturated rings. The van der Waals surface area contributed by atoms with Crippen molar-refractivity contribution < 1.29 is 8.42 Å². The highest BCUT2D eigenvalue weighted by atomic mass is 32.2. The Bertz CT molecular complexity index is 541. The molecule has 1 aromatic carbocycles. The first-order valence-corrected chi connectivity index (χ1v) is 8.00. The molecule has 0 atom stereocenters. The van der Waals surface area contributed by atoms with E-state index < -0.39 is 9.84 Å². The maximum atomic E-state index is 11.3. The molecule has 0 radical (unpaired) electrons. The molecule has 0 saturated heterocycles. The van der Waals surface area contributed by atoms with Gasteiger partial charge in [-0.15, -0.1) is 0 Å². The fraction of sp³-hybridized carbons (Fsp3) is 0.462. The monoisotopic (exact) mass is 266 g/mol. The van der Waals surface area contributed by atoms with Gasteiger partial charge in [-0.25, -0.2) is 13.4 Å². The molecule has 0 bridgehead atoms. The van der Waals surface area contributed by atoms with Crippen LogP contribution in [0.4, 0.5) is 5.69 Å². The van der Waals surface area contributed by atoms with Gasteiger partial charge in [0, 0.05) is 12.2 Å². The summed E-state index contributed by atoms with van der Waals surface area (Å²) in [6, 6.07) is 6.52. The third kappa shape index (κ3) is 3.10. The number of sulfone groups is 1. The van der Waals surface area contributed by atoms with Crippen molar-refractivity contribution in [3.05, 3.63) is 24.3 Å². The van der Waals surface area contributed by atoms with Crippen LogP contribution in [0.25, 0.3) is 0 Å². The Balaban J connectivity index is 2.17. The van der Waals surface area contributed by atoms with Crippen LogP contribution in [0.5, 0.6) is 0 Å². The quantitative estimate of drug-likeness (QED) is 0.673. The molecule has 1 aliphatic carbocycles. The number of aliphatic imine (C=N–C) groups is 1. The van der Waals surface area contributed by atoms with E-state index in [0.29, 0.717) is 22.3 Å². The highest BCUT2D eigenvalue weighted by molar-refractivity contribution is 7.90. The summed E-state index contributed by atoms with van der Waals surface area (Å²) in [5.41, 5.74) is 6.68. The second-order valence-electron chi connectivity index (χ2n) is 4.78. The minimum absolute atomic E-state index is 0.306. The molecule has 1 aromatic rings. The number of benzene rings is 1. The molecule has 5 heteroatoms. The first-order chi connectivity index (χ1) is 8.47. The summed E-state index contributed by atoms with van der Waals surface area (Å²) in [5.74, 6) is 1.05. The van der Waals surface area contributed by atoms with E-state index in [1.165, 1.54) is 19.1 Å². The van der Waals surface area contributed by atoms with E-state index in [0.717, 1.165) is 12.8 Å². The molecule has 1 aliphatic rings. The molecule has 0 amide bonds. The molecule has 0 aromatic heterocycles. The fourth-order valence-corrected chi connectivity index (χ4v) is 2.86. The van der Waals surface area contributed by atoms with E-state index in [-0.39, 0.29) is 0 Å². The van der Waals surface area contributed by atoms with Crippen LogP contribution in [-0.4, -0.2) is 20.5 Å². The molecule has 1 saturated carbocycles. The zero-order chi connectivity index (χ0) is 13.2. The minimum atomic E-state index is -3.14. The van der Waals surface area contributed by atoms with Gasteiger partial charge in [0.05, 0.1) is 10.6 Å².